The number of amides is 2. The Hall–Kier alpha value is -1.85. The van der Waals surface area contributed by atoms with Gasteiger partial charge in [-0.3, -0.25) is 14.3 Å². The van der Waals surface area contributed by atoms with E-state index < -0.39 is 0 Å². The Kier molecular flexibility index (Phi) is 4.42. The third-order valence-corrected chi connectivity index (χ3v) is 3.64. The molecule has 1 atom stereocenters. The summed E-state index contributed by atoms with van der Waals surface area (Å²) in [7, 11) is 1.72. The van der Waals surface area contributed by atoms with E-state index in [1.165, 1.54) is 11.1 Å². The third-order valence-electron chi connectivity index (χ3n) is 3.64. The van der Waals surface area contributed by atoms with E-state index >= 15 is 0 Å². The molecule has 6 heteroatoms. The van der Waals surface area contributed by atoms with E-state index in [-0.39, 0.29) is 18.4 Å². The molecule has 0 spiro atoms. The van der Waals surface area contributed by atoms with Crippen LogP contribution in [0.3, 0.4) is 0 Å². The SMILES string of the molecule is Cc1cc(C(=O)NCC(=O)N2CCC[C@H](C)C2)n(C)n1. The number of hydrogen-bond acceptors (Lipinski definition) is 3. The molecule has 1 saturated heterocycles. The lowest BCUT2D eigenvalue weighted by Crippen LogP contribution is -2.44. The molecule has 0 aromatic carbocycles. The summed E-state index contributed by atoms with van der Waals surface area (Å²) in [5.41, 5.74) is 1.26. The number of piperidine rings is 1. The van der Waals surface area contributed by atoms with Crippen molar-refractivity contribution in [2.24, 2.45) is 13.0 Å². The van der Waals surface area contributed by atoms with Gasteiger partial charge in [-0.15, -0.1) is 0 Å². The molecule has 0 saturated carbocycles. The molecular formula is C14H22N4O2. The highest BCUT2D eigenvalue weighted by molar-refractivity contribution is 5.95. The van der Waals surface area contributed by atoms with Gasteiger partial charge in [0.25, 0.3) is 5.91 Å². The van der Waals surface area contributed by atoms with Crippen molar-refractivity contribution in [1.82, 2.24) is 20.0 Å². The normalized spacial score (nSPS) is 18.9. The number of aryl methyl sites for hydroxylation is 2. The van der Waals surface area contributed by atoms with Gasteiger partial charge in [-0.25, -0.2) is 0 Å². The van der Waals surface area contributed by atoms with Crippen LogP contribution in [0.15, 0.2) is 6.07 Å². The van der Waals surface area contributed by atoms with Gasteiger partial charge in [0.05, 0.1) is 12.2 Å². The second-order valence-corrected chi connectivity index (χ2v) is 5.56. The van der Waals surface area contributed by atoms with Crippen molar-refractivity contribution in [2.75, 3.05) is 19.6 Å². The van der Waals surface area contributed by atoms with Crippen LogP contribution in [-0.2, 0) is 11.8 Å². The maximum atomic E-state index is 12.1. The van der Waals surface area contributed by atoms with E-state index in [1.54, 1.807) is 13.1 Å². The predicted molar refractivity (Wildman–Crippen MR) is 75.3 cm³/mol. The Bertz CT molecular complexity index is 509. The average molecular weight is 278 g/mol. The fourth-order valence-corrected chi connectivity index (χ4v) is 2.60. The standard InChI is InChI=1S/C14H22N4O2/c1-10-5-4-6-18(9-10)13(19)8-15-14(20)12-7-11(2)16-17(12)3/h7,10H,4-6,8-9H2,1-3H3,(H,15,20)/t10-/m0/s1. The van der Waals surface area contributed by atoms with Crippen LogP contribution in [0.4, 0.5) is 0 Å². The van der Waals surface area contributed by atoms with E-state index in [9.17, 15) is 9.59 Å². The summed E-state index contributed by atoms with van der Waals surface area (Å²) < 4.78 is 1.53. The van der Waals surface area contributed by atoms with Gasteiger partial charge in [0.1, 0.15) is 5.69 Å². The van der Waals surface area contributed by atoms with Gasteiger partial charge in [0.15, 0.2) is 0 Å². The molecule has 1 aliphatic heterocycles. The Balaban J connectivity index is 1.87. The monoisotopic (exact) mass is 278 g/mol. The van der Waals surface area contributed by atoms with Crippen LogP contribution in [-0.4, -0.2) is 46.1 Å². The highest BCUT2D eigenvalue weighted by Gasteiger charge is 2.21. The topological polar surface area (TPSA) is 67.2 Å². The Labute approximate surface area is 119 Å². The number of likely N-dealkylation sites (tertiary alicyclic amines) is 1. The van der Waals surface area contributed by atoms with Crippen LogP contribution in [0.2, 0.25) is 0 Å². The number of nitrogens with zero attached hydrogens (tertiary/aromatic N) is 3. The molecule has 1 aromatic rings. The van der Waals surface area contributed by atoms with Crippen LogP contribution in [0.1, 0.15) is 35.9 Å². The highest BCUT2D eigenvalue weighted by Crippen LogP contribution is 2.15. The van der Waals surface area contributed by atoms with Crippen molar-refractivity contribution in [2.45, 2.75) is 26.7 Å². The van der Waals surface area contributed by atoms with Gasteiger partial charge in [-0.1, -0.05) is 6.92 Å². The first-order valence-electron chi connectivity index (χ1n) is 7.04. The maximum Gasteiger partial charge on any atom is 0.269 e. The molecule has 2 rings (SSSR count). The average Bonchev–Trinajstić information content (AvgIpc) is 2.74. The Morgan fingerprint density at radius 3 is 2.85 bits per heavy atom. The second-order valence-electron chi connectivity index (χ2n) is 5.56. The zero-order valence-corrected chi connectivity index (χ0v) is 12.3. The van der Waals surface area contributed by atoms with E-state index in [0.717, 1.165) is 25.2 Å². The number of rotatable bonds is 3. The molecule has 110 valence electrons. The first kappa shape index (κ1) is 14.6. The van der Waals surface area contributed by atoms with Crippen molar-refractivity contribution >= 4 is 11.8 Å². The quantitative estimate of drug-likeness (QED) is 0.885. The van der Waals surface area contributed by atoms with Crippen LogP contribution in [0.5, 0.6) is 0 Å². The number of carbonyl (C=O) groups is 2. The van der Waals surface area contributed by atoms with Crippen LogP contribution in [0, 0.1) is 12.8 Å². The lowest BCUT2D eigenvalue weighted by molar-refractivity contribution is -0.131. The maximum absolute atomic E-state index is 12.1. The molecule has 2 heterocycles. The molecule has 0 bridgehead atoms. The molecule has 0 radical (unpaired) electrons. The minimum atomic E-state index is -0.258. The fraction of sp³-hybridized carbons (Fsp3) is 0.643. The Morgan fingerprint density at radius 2 is 2.25 bits per heavy atom. The van der Waals surface area contributed by atoms with Gasteiger partial charge >= 0.3 is 0 Å². The van der Waals surface area contributed by atoms with Crippen molar-refractivity contribution in [3.05, 3.63) is 17.5 Å². The number of aromatic nitrogens is 2. The fourth-order valence-electron chi connectivity index (χ4n) is 2.60. The molecule has 0 aliphatic carbocycles. The largest absolute Gasteiger partial charge is 0.342 e. The van der Waals surface area contributed by atoms with Crippen molar-refractivity contribution in [1.29, 1.82) is 0 Å². The predicted octanol–water partition coefficient (Wildman–Crippen LogP) is 0.717. The highest BCUT2D eigenvalue weighted by atomic mass is 16.2. The number of hydrogen-bond donors (Lipinski definition) is 1. The minimum absolute atomic E-state index is 0.0104. The molecule has 0 unspecified atom stereocenters. The molecule has 1 aromatic heterocycles. The summed E-state index contributed by atoms with van der Waals surface area (Å²) in [4.78, 5) is 25.9. The smallest absolute Gasteiger partial charge is 0.269 e. The molecule has 1 aliphatic rings. The van der Waals surface area contributed by atoms with Crippen LogP contribution in [0.25, 0.3) is 0 Å². The zero-order valence-electron chi connectivity index (χ0n) is 12.3. The lowest BCUT2D eigenvalue weighted by atomic mass is 10.0. The van der Waals surface area contributed by atoms with Gasteiger partial charge in [-0.05, 0) is 31.7 Å². The van der Waals surface area contributed by atoms with E-state index in [0.29, 0.717) is 11.6 Å². The van der Waals surface area contributed by atoms with E-state index in [2.05, 4.69) is 17.3 Å². The molecule has 2 amide bonds. The molecule has 20 heavy (non-hydrogen) atoms. The van der Waals surface area contributed by atoms with Crippen molar-refractivity contribution < 1.29 is 9.59 Å². The number of nitrogens with one attached hydrogen (secondary N) is 1. The van der Waals surface area contributed by atoms with Gasteiger partial charge < -0.3 is 10.2 Å². The Morgan fingerprint density at radius 1 is 1.50 bits per heavy atom. The van der Waals surface area contributed by atoms with Gasteiger partial charge in [-0.2, -0.15) is 5.10 Å². The van der Waals surface area contributed by atoms with Gasteiger partial charge in [0.2, 0.25) is 5.91 Å². The first-order chi connectivity index (χ1) is 9.47. The summed E-state index contributed by atoms with van der Waals surface area (Å²) in [6.07, 6.45) is 2.21. The second kappa shape index (κ2) is 6.07. The van der Waals surface area contributed by atoms with Crippen molar-refractivity contribution in [3.63, 3.8) is 0 Å². The first-order valence-corrected chi connectivity index (χ1v) is 7.04. The van der Waals surface area contributed by atoms with Crippen LogP contribution < -0.4 is 5.32 Å². The molecule has 6 nitrogen and oxygen atoms in total. The van der Waals surface area contributed by atoms with E-state index in [1.807, 2.05) is 11.8 Å². The van der Waals surface area contributed by atoms with Crippen LogP contribution >= 0.6 is 0 Å². The molecular weight excluding hydrogens is 256 g/mol. The third kappa shape index (κ3) is 3.37. The number of carbonyl (C=O) groups excluding carboxylic acids is 2. The van der Waals surface area contributed by atoms with Gasteiger partial charge in [0, 0.05) is 20.1 Å². The summed E-state index contributed by atoms with van der Waals surface area (Å²) >= 11 is 0. The molecule has 1 N–H and O–H groups in total. The minimum Gasteiger partial charge on any atom is -0.342 e. The molecule has 1 fully saturated rings. The van der Waals surface area contributed by atoms with Crippen molar-refractivity contribution in [3.8, 4) is 0 Å². The summed E-state index contributed by atoms with van der Waals surface area (Å²) in [6, 6.07) is 1.71. The summed E-state index contributed by atoms with van der Waals surface area (Å²) in [6.45, 7) is 5.62. The summed E-state index contributed by atoms with van der Waals surface area (Å²) in [5.74, 6) is 0.276. The lowest BCUT2D eigenvalue weighted by Gasteiger charge is -2.31. The zero-order chi connectivity index (χ0) is 14.7. The summed E-state index contributed by atoms with van der Waals surface area (Å²) in [5, 5.41) is 6.79. The van der Waals surface area contributed by atoms with E-state index in [4.69, 9.17) is 0 Å².